The molecule has 2 aromatic carbocycles. The van der Waals surface area contributed by atoms with Gasteiger partial charge in [-0.2, -0.15) is 0 Å². The largest absolute Gasteiger partial charge is 0.392 e. The molecule has 4 bridgehead atoms. The van der Waals surface area contributed by atoms with E-state index in [0.29, 0.717) is 17.6 Å². The van der Waals surface area contributed by atoms with E-state index < -0.39 is 6.67 Å². The summed E-state index contributed by atoms with van der Waals surface area (Å²) in [6.45, 7) is 6.79. The number of halogens is 1. The van der Waals surface area contributed by atoms with Crippen molar-refractivity contribution in [2.45, 2.75) is 51.0 Å². The maximum absolute atomic E-state index is 12.6. The predicted octanol–water partition coefficient (Wildman–Crippen LogP) is 4.39. The molecule has 0 aliphatic carbocycles. The number of alkyl halides is 1. The Hall–Kier alpha value is -3.47. The van der Waals surface area contributed by atoms with Crippen molar-refractivity contribution in [2.75, 3.05) is 39.3 Å². The number of hydrogen-bond acceptors (Lipinski definition) is 7. The van der Waals surface area contributed by atoms with E-state index in [2.05, 4.69) is 41.3 Å². The van der Waals surface area contributed by atoms with Crippen molar-refractivity contribution in [3.63, 3.8) is 0 Å². The summed E-state index contributed by atoms with van der Waals surface area (Å²) in [6.07, 6.45) is 9.21. The minimum absolute atomic E-state index is 0.0760. The number of piperidine rings is 6. The second kappa shape index (κ2) is 12.0. The normalized spacial score (nSPS) is 28.0. The number of aliphatic hydroxyl groups is 1. The lowest BCUT2D eigenvalue weighted by Crippen LogP contribution is -2.48. The number of rotatable bonds is 6. The molecule has 6 aliphatic heterocycles. The SMILES string of the molecule is FCc1ccc(-c2cn([C@H]3CN4CCC3CC4)nn2)cc1.OCc1ccc(-c2cn([C@H]3CN4CCC3CC4)nn2)cc1. The van der Waals surface area contributed by atoms with Gasteiger partial charge in [0.1, 0.15) is 18.1 Å². The van der Waals surface area contributed by atoms with Gasteiger partial charge in [-0.15, -0.1) is 10.2 Å². The van der Waals surface area contributed by atoms with Gasteiger partial charge in [0.25, 0.3) is 0 Å². The molecule has 4 aromatic rings. The number of fused-ring (bicyclic) bond motifs is 6. The van der Waals surface area contributed by atoms with Crippen LogP contribution in [0.1, 0.15) is 48.9 Å². The highest BCUT2D eigenvalue weighted by atomic mass is 19.1. The van der Waals surface area contributed by atoms with Gasteiger partial charge in [0.15, 0.2) is 0 Å². The third-order valence-electron chi connectivity index (χ3n) is 9.78. The van der Waals surface area contributed by atoms with Gasteiger partial charge in [-0.05, 0) is 74.8 Å². The first-order chi connectivity index (χ1) is 20.7. The van der Waals surface area contributed by atoms with E-state index in [1.807, 2.05) is 59.4 Å². The van der Waals surface area contributed by atoms with Crippen LogP contribution in [-0.2, 0) is 13.3 Å². The summed E-state index contributed by atoms with van der Waals surface area (Å²) >= 11 is 0. The fourth-order valence-electron chi connectivity index (χ4n) is 7.15. The highest BCUT2D eigenvalue weighted by molar-refractivity contribution is 5.58. The van der Waals surface area contributed by atoms with Crippen molar-refractivity contribution in [1.29, 1.82) is 0 Å². The molecule has 2 aromatic heterocycles. The third kappa shape index (κ3) is 5.63. The maximum Gasteiger partial charge on any atom is 0.115 e. The van der Waals surface area contributed by atoms with Crippen LogP contribution in [0.4, 0.5) is 4.39 Å². The number of hydrogen-bond donors (Lipinski definition) is 1. The fourth-order valence-corrected chi connectivity index (χ4v) is 7.15. The van der Waals surface area contributed by atoms with E-state index >= 15 is 0 Å². The fraction of sp³-hybridized carbons (Fsp3) is 0.500. The predicted molar refractivity (Wildman–Crippen MR) is 158 cm³/mol. The molecule has 6 fully saturated rings. The quantitative estimate of drug-likeness (QED) is 0.368. The second-order valence-corrected chi connectivity index (χ2v) is 12.3. The van der Waals surface area contributed by atoms with Gasteiger partial charge in [-0.1, -0.05) is 59.0 Å². The Balaban J connectivity index is 0.000000137. The van der Waals surface area contributed by atoms with Gasteiger partial charge in [-0.25, -0.2) is 13.8 Å². The van der Waals surface area contributed by atoms with Crippen LogP contribution in [0.2, 0.25) is 0 Å². The summed E-state index contributed by atoms with van der Waals surface area (Å²) in [6, 6.07) is 16.2. The molecule has 0 spiro atoms. The molecule has 8 heterocycles. The Bertz CT molecular complexity index is 1340. The van der Waals surface area contributed by atoms with E-state index in [4.69, 9.17) is 5.11 Å². The minimum Gasteiger partial charge on any atom is -0.392 e. The highest BCUT2D eigenvalue weighted by Crippen LogP contribution is 2.36. The van der Waals surface area contributed by atoms with Gasteiger partial charge in [0, 0.05) is 24.2 Å². The Morgan fingerprint density at radius 2 is 1.07 bits per heavy atom. The van der Waals surface area contributed by atoms with Crippen LogP contribution >= 0.6 is 0 Å². The van der Waals surface area contributed by atoms with Crippen LogP contribution in [0.25, 0.3) is 22.5 Å². The average molecular weight is 571 g/mol. The van der Waals surface area contributed by atoms with Gasteiger partial charge in [0.05, 0.1) is 31.1 Å². The average Bonchev–Trinajstić information content (AvgIpc) is 3.78. The molecule has 6 aliphatic rings. The molecule has 42 heavy (non-hydrogen) atoms. The molecule has 0 radical (unpaired) electrons. The Morgan fingerprint density at radius 1 is 0.643 bits per heavy atom. The highest BCUT2D eigenvalue weighted by Gasteiger charge is 2.37. The molecule has 0 amide bonds. The molecule has 220 valence electrons. The van der Waals surface area contributed by atoms with Crippen LogP contribution in [-0.4, -0.2) is 84.2 Å². The van der Waals surface area contributed by atoms with Gasteiger partial charge < -0.3 is 14.9 Å². The number of aromatic nitrogens is 6. The van der Waals surface area contributed by atoms with Crippen LogP contribution in [0.5, 0.6) is 0 Å². The maximum atomic E-state index is 12.6. The van der Waals surface area contributed by atoms with Gasteiger partial charge in [-0.3, -0.25) is 0 Å². The van der Waals surface area contributed by atoms with Crippen LogP contribution < -0.4 is 0 Å². The molecule has 1 N–H and O–H groups in total. The van der Waals surface area contributed by atoms with Crippen molar-refractivity contribution < 1.29 is 9.50 Å². The first-order valence-electron chi connectivity index (χ1n) is 15.3. The van der Waals surface area contributed by atoms with E-state index in [1.54, 1.807) is 0 Å². The topological polar surface area (TPSA) is 88.1 Å². The molecule has 6 saturated heterocycles. The first kappa shape index (κ1) is 27.4. The molecular formula is C32H39FN8O. The van der Waals surface area contributed by atoms with E-state index in [-0.39, 0.29) is 6.61 Å². The first-order valence-corrected chi connectivity index (χ1v) is 15.3. The van der Waals surface area contributed by atoms with Gasteiger partial charge in [0.2, 0.25) is 0 Å². The summed E-state index contributed by atoms with van der Waals surface area (Å²) in [7, 11) is 0. The zero-order valence-corrected chi connectivity index (χ0v) is 24.0. The summed E-state index contributed by atoms with van der Waals surface area (Å²) in [5, 5.41) is 26.4. The number of benzene rings is 2. The lowest BCUT2D eigenvalue weighted by molar-refractivity contribution is 0.0504. The summed E-state index contributed by atoms with van der Waals surface area (Å²) in [5.74, 6) is 1.49. The second-order valence-electron chi connectivity index (χ2n) is 12.3. The zero-order valence-electron chi connectivity index (χ0n) is 24.0. The van der Waals surface area contributed by atoms with E-state index in [1.165, 1.54) is 51.9 Å². The third-order valence-corrected chi connectivity index (χ3v) is 9.78. The summed E-state index contributed by atoms with van der Waals surface area (Å²) in [4.78, 5) is 5.05. The lowest BCUT2D eigenvalue weighted by atomic mass is 9.84. The molecule has 2 atom stereocenters. The number of aliphatic hydroxyl groups excluding tert-OH is 1. The van der Waals surface area contributed by atoms with E-state index in [9.17, 15) is 4.39 Å². The van der Waals surface area contributed by atoms with Crippen molar-refractivity contribution >= 4 is 0 Å². The zero-order chi connectivity index (χ0) is 28.5. The standard InChI is InChI=1S/C16H19FN4.C16H20N4O/c17-9-12-1-3-13(4-2-12)15-10-21(19-18-15)16-11-20-7-5-14(16)6-8-20;21-11-12-1-3-13(4-2-12)15-9-20(18-17-15)16-10-19-7-5-14(16)6-8-19/h1-4,10,14,16H,5-9,11H2;1-4,9,14,16,21H,5-8,10-11H2/t2*16-/m00/s1. The van der Waals surface area contributed by atoms with Gasteiger partial charge >= 0.3 is 0 Å². The Kier molecular flexibility index (Phi) is 7.84. The molecule has 0 saturated carbocycles. The molecule has 10 heteroatoms. The van der Waals surface area contributed by atoms with Crippen LogP contribution in [0.3, 0.4) is 0 Å². The van der Waals surface area contributed by atoms with Crippen molar-refractivity contribution in [3.05, 3.63) is 72.1 Å². The van der Waals surface area contributed by atoms with Crippen LogP contribution in [0, 0.1) is 11.8 Å². The smallest absolute Gasteiger partial charge is 0.115 e. The lowest BCUT2D eigenvalue weighted by Gasteiger charge is -2.44. The van der Waals surface area contributed by atoms with Crippen molar-refractivity contribution in [1.82, 2.24) is 39.8 Å². The van der Waals surface area contributed by atoms with Crippen molar-refractivity contribution in [3.8, 4) is 22.5 Å². The van der Waals surface area contributed by atoms with Crippen molar-refractivity contribution in [2.24, 2.45) is 11.8 Å². The van der Waals surface area contributed by atoms with Crippen LogP contribution in [0.15, 0.2) is 60.9 Å². The minimum atomic E-state index is -0.424. The Labute approximate surface area is 245 Å². The summed E-state index contributed by atoms with van der Waals surface area (Å²) < 4.78 is 16.7. The molecule has 10 rings (SSSR count). The Morgan fingerprint density at radius 3 is 1.43 bits per heavy atom. The van der Waals surface area contributed by atoms with E-state index in [0.717, 1.165) is 53.0 Å². The monoisotopic (exact) mass is 570 g/mol. The molecule has 9 nitrogen and oxygen atoms in total. The number of nitrogens with zero attached hydrogens (tertiary/aromatic N) is 8. The molecule has 0 unspecified atom stereocenters. The summed E-state index contributed by atoms with van der Waals surface area (Å²) in [5.41, 5.74) is 5.46. The molecular weight excluding hydrogens is 531 g/mol.